The highest BCUT2D eigenvalue weighted by atomic mass is 16.2. The summed E-state index contributed by atoms with van der Waals surface area (Å²) in [5.41, 5.74) is 0.880. The highest BCUT2D eigenvalue weighted by Gasteiger charge is 2.28. The van der Waals surface area contributed by atoms with Gasteiger partial charge in [0, 0.05) is 18.7 Å². The summed E-state index contributed by atoms with van der Waals surface area (Å²) in [6.07, 6.45) is 4.42. The van der Waals surface area contributed by atoms with E-state index in [0.29, 0.717) is 12.3 Å². The van der Waals surface area contributed by atoms with Gasteiger partial charge in [-0.05, 0) is 49.9 Å². The van der Waals surface area contributed by atoms with Crippen molar-refractivity contribution in [2.45, 2.75) is 37.6 Å². The lowest BCUT2D eigenvalue weighted by Gasteiger charge is -2.25. The molecule has 1 atom stereocenters. The van der Waals surface area contributed by atoms with Crippen molar-refractivity contribution in [3.05, 3.63) is 34.2 Å². The van der Waals surface area contributed by atoms with Crippen molar-refractivity contribution >= 4 is 11.8 Å². The van der Waals surface area contributed by atoms with E-state index >= 15 is 0 Å². The van der Waals surface area contributed by atoms with Crippen LogP contribution < -0.4 is 16.2 Å². The molecule has 1 unspecified atom stereocenters. The maximum absolute atomic E-state index is 12.3. The summed E-state index contributed by atoms with van der Waals surface area (Å²) >= 11 is 0. The minimum Gasteiger partial charge on any atom is -0.317 e. The maximum Gasteiger partial charge on any atom is 0.251 e. The molecule has 0 bridgehead atoms. The molecule has 21 heavy (non-hydrogen) atoms. The number of hydrogen-bond acceptors (Lipinski definition) is 4. The Morgan fingerprint density at radius 3 is 2.52 bits per heavy atom. The molecule has 2 amide bonds. The van der Waals surface area contributed by atoms with Crippen LogP contribution in [0.3, 0.4) is 0 Å². The summed E-state index contributed by atoms with van der Waals surface area (Å²) in [6, 6.07) is 3.00. The van der Waals surface area contributed by atoms with Gasteiger partial charge in [-0.15, -0.1) is 0 Å². The minimum atomic E-state index is -0.572. The normalized spacial score (nSPS) is 23.9. The number of imide groups is 1. The first-order valence-corrected chi connectivity index (χ1v) is 7.41. The van der Waals surface area contributed by atoms with Gasteiger partial charge in [-0.25, -0.2) is 0 Å². The lowest BCUT2D eigenvalue weighted by Crippen LogP contribution is -2.44. The second-order valence-corrected chi connectivity index (χ2v) is 5.70. The molecule has 0 radical (unpaired) electrons. The first kappa shape index (κ1) is 14.0. The molecule has 1 aromatic rings. The SMILES string of the molecule is O=C1CCC(n2ccc(C3CCNCC3)cc2=O)C(=O)N1. The molecule has 2 aliphatic heterocycles. The van der Waals surface area contributed by atoms with Gasteiger partial charge >= 0.3 is 0 Å². The fourth-order valence-electron chi connectivity index (χ4n) is 3.12. The third-order valence-electron chi connectivity index (χ3n) is 4.33. The summed E-state index contributed by atoms with van der Waals surface area (Å²) in [5.74, 6) is -0.242. The first-order valence-electron chi connectivity index (χ1n) is 7.41. The van der Waals surface area contributed by atoms with Crippen LogP contribution in [0.5, 0.6) is 0 Å². The first-order chi connectivity index (χ1) is 10.1. The average molecular weight is 289 g/mol. The third kappa shape index (κ3) is 2.90. The summed E-state index contributed by atoms with van der Waals surface area (Å²) < 4.78 is 1.44. The van der Waals surface area contributed by atoms with Crippen LogP contribution in [0, 0.1) is 0 Å². The van der Waals surface area contributed by atoms with E-state index < -0.39 is 6.04 Å². The van der Waals surface area contributed by atoms with Crippen LogP contribution in [0.4, 0.5) is 0 Å². The van der Waals surface area contributed by atoms with Crippen molar-refractivity contribution < 1.29 is 9.59 Å². The van der Waals surface area contributed by atoms with Crippen molar-refractivity contribution in [1.29, 1.82) is 0 Å². The van der Waals surface area contributed by atoms with E-state index in [9.17, 15) is 14.4 Å². The molecule has 0 aromatic carbocycles. The molecular weight excluding hydrogens is 270 g/mol. The van der Waals surface area contributed by atoms with Crippen LogP contribution in [0.15, 0.2) is 23.1 Å². The number of carbonyl (C=O) groups is 2. The number of rotatable bonds is 2. The van der Waals surface area contributed by atoms with E-state index in [0.717, 1.165) is 31.5 Å². The number of pyridine rings is 1. The Labute approximate surface area is 122 Å². The lowest BCUT2D eigenvalue weighted by molar-refractivity contribution is -0.135. The number of carbonyl (C=O) groups excluding carboxylic acids is 2. The van der Waals surface area contributed by atoms with Gasteiger partial charge in [0.05, 0.1) is 0 Å². The minimum absolute atomic E-state index is 0.166. The number of piperidine rings is 2. The van der Waals surface area contributed by atoms with Gasteiger partial charge in [0.15, 0.2) is 0 Å². The van der Waals surface area contributed by atoms with Crippen LogP contribution in [-0.4, -0.2) is 29.5 Å². The topological polar surface area (TPSA) is 80.2 Å². The van der Waals surface area contributed by atoms with Crippen LogP contribution in [0.25, 0.3) is 0 Å². The molecule has 2 aliphatic rings. The lowest BCUT2D eigenvalue weighted by atomic mass is 9.91. The largest absolute Gasteiger partial charge is 0.317 e. The van der Waals surface area contributed by atoms with E-state index in [2.05, 4.69) is 10.6 Å². The Hall–Kier alpha value is -1.95. The van der Waals surface area contributed by atoms with Gasteiger partial charge in [-0.1, -0.05) is 0 Å². The summed E-state index contributed by atoms with van der Waals surface area (Å²) in [5, 5.41) is 5.59. The molecule has 2 fully saturated rings. The van der Waals surface area contributed by atoms with Crippen molar-refractivity contribution in [1.82, 2.24) is 15.2 Å². The maximum atomic E-state index is 12.3. The van der Waals surface area contributed by atoms with Crippen LogP contribution in [-0.2, 0) is 9.59 Å². The van der Waals surface area contributed by atoms with Gasteiger partial charge < -0.3 is 9.88 Å². The molecule has 0 aliphatic carbocycles. The Morgan fingerprint density at radius 1 is 1.10 bits per heavy atom. The number of hydrogen-bond donors (Lipinski definition) is 2. The molecule has 1 aromatic heterocycles. The second kappa shape index (κ2) is 5.81. The van der Waals surface area contributed by atoms with Crippen molar-refractivity contribution in [3.8, 4) is 0 Å². The van der Waals surface area contributed by atoms with Crippen LogP contribution in [0.2, 0.25) is 0 Å². The molecule has 0 saturated carbocycles. The van der Waals surface area contributed by atoms with Crippen LogP contribution in [0.1, 0.15) is 43.2 Å². The van der Waals surface area contributed by atoms with Gasteiger partial charge in [-0.2, -0.15) is 0 Å². The van der Waals surface area contributed by atoms with Gasteiger partial charge in [-0.3, -0.25) is 19.7 Å². The monoisotopic (exact) mass is 289 g/mol. The average Bonchev–Trinajstić information content (AvgIpc) is 2.49. The van der Waals surface area contributed by atoms with Crippen LogP contribution >= 0.6 is 0 Å². The molecule has 2 N–H and O–H groups in total. The number of amides is 2. The van der Waals surface area contributed by atoms with E-state index in [-0.39, 0.29) is 23.8 Å². The number of nitrogens with zero attached hydrogens (tertiary/aromatic N) is 1. The molecule has 3 rings (SSSR count). The summed E-state index contributed by atoms with van der Waals surface area (Å²) in [7, 11) is 0. The van der Waals surface area contributed by atoms with Crippen molar-refractivity contribution in [2.24, 2.45) is 0 Å². The van der Waals surface area contributed by atoms with Crippen molar-refractivity contribution in [3.63, 3.8) is 0 Å². The highest BCUT2D eigenvalue weighted by Crippen LogP contribution is 2.24. The predicted molar refractivity (Wildman–Crippen MR) is 77.0 cm³/mol. The van der Waals surface area contributed by atoms with E-state index in [1.165, 1.54) is 4.57 Å². The Kier molecular flexibility index (Phi) is 3.88. The summed E-state index contributed by atoms with van der Waals surface area (Å²) in [6.45, 7) is 1.95. The molecule has 6 nitrogen and oxygen atoms in total. The molecule has 3 heterocycles. The molecule has 2 saturated heterocycles. The number of nitrogens with one attached hydrogen (secondary N) is 2. The second-order valence-electron chi connectivity index (χ2n) is 5.70. The zero-order valence-electron chi connectivity index (χ0n) is 11.8. The van der Waals surface area contributed by atoms with E-state index in [1.54, 1.807) is 12.3 Å². The standard InChI is InChI=1S/C15H19N3O3/c19-13-2-1-12(15(21)17-13)18-8-5-11(9-14(18)20)10-3-6-16-7-4-10/h5,8-10,12,16H,1-4,6-7H2,(H,17,19,21). The van der Waals surface area contributed by atoms with Gasteiger partial charge in [0.1, 0.15) is 6.04 Å². The highest BCUT2D eigenvalue weighted by molar-refractivity contribution is 5.99. The Bertz CT molecular complexity index is 617. The Morgan fingerprint density at radius 2 is 1.86 bits per heavy atom. The molecule has 112 valence electrons. The van der Waals surface area contributed by atoms with Crippen molar-refractivity contribution in [2.75, 3.05) is 13.1 Å². The van der Waals surface area contributed by atoms with Gasteiger partial charge in [0.2, 0.25) is 11.8 Å². The molecular formula is C15H19N3O3. The summed E-state index contributed by atoms with van der Waals surface area (Å²) in [4.78, 5) is 35.3. The number of aromatic nitrogens is 1. The van der Waals surface area contributed by atoms with E-state index in [4.69, 9.17) is 0 Å². The zero-order chi connectivity index (χ0) is 14.8. The fourth-order valence-corrected chi connectivity index (χ4v) is 3.12. The quantitative estimate of drug-likeness (QED) is 0.767. The third-order valence-corrected chi connectivity index (χ3v) is 4.33. The van der Waals surface area contributed by atoms with Gasteiger partial charge in [0.25, 0.3) is 5.56 Å². The predicted octanol–water partition coefficient (Wildman–Crippen LogP) is 0.293. The zero-order valence-corrected chi connectivity index (χ0v) is 11.8. The molecule has 0 spiro atoms. The fraction of sp³-hybridized carbons (Fsp3) is 0.533. The molecule has 6 heteroatoms. The Balaban J connectivity index is 1.82. The van der Waals surface area contributed by atoms with E-state index in [1.807, 2.05) is 6.07 Å². The smallest absolute Gasteiger partial charge is 0.251 e.